The summed E-state index contributed by atoms with van der Waals surface area (Å²) in [6.07, 6.45) is 13.6. The van der Waals surface area contributed by atoms with Gasteiger partial charge in [-0.15, -0.1) is 0 Å². The van der Waals surface area contributed by atoms with Crippen LogP contribution in [0.3, 0.4) is 0 Å². The summed E-state index contributed by atoms with van der Waals surface area (Å²) in [7, 11) is 14.2. The van der Waals surface area contributed by atoms with Crippen LogP contribution in [0.5, 0.6) is 0 Å². The van der Waals surface area contributed by atoms with Crippen molar-refractivity contribution in [1.82, 2.24) is 30.4 Å². The smallest absolute Gasteiger partial charge is 0.240 e. The normalized spacial score (nSPS) is 37.6. The maximum Gasteiger partial charge on any atom is 0.240 e. The summed E-state index contributed by atoms with van der Waals surface area (Å²) in [6, 6.07) is -0.356. The van der Waals surface area contributed by atoms with Gasteiger partial charge < -0.3 is 40.3 Å². The Hall–Kier alpha value is -2.03. The fraction of sp³-hybridized carbons (Fsp3) is 0.938. The first-order valence-corrected chi connectivity index (χ1v) is 24.4. The number of nitrogens with zero attached hydrogens (tertiary/aromatic N) is 5. The number of nitrogens with one attached hydrogen (secondary N) is 2. The Morgan fingerprint density at radius 2 is 1.64 bits per heavy atom. The molecule has 13 heteroatoms. The van der Waals surface area contributed by atoms with Crippen molar-refractivity contribution in [2.75, 3.05) is 69.1 Å². The average molecular weight is 858 g/mol. The van der Waals surface area contributed by atoms with Crippen molar-refractivity contribution < 1.29 is 29.4 Å². The minimum atomic E-state index is -0.836. The zero-order chi connectivity index (χ0) is 44.3. The second-order valence-electron chi connectivity index (χ2n) is 22.0. The van der Waals surface area contributed by atoms with Gasteiger partial charge in [0.05, 0.1) is 25.4 Å². The van der Waals surface area contributed by atoms with Crippen LogP contribution in [0.4, 0.5) is 0 Å². The standard InChI is InChI=1S/C48H87N7O6/c1-29-39-24-35(48(39,3)4)25-40(29)51-46(59)43-42(30(2)57)41(28-56)61-55(43)27-32-18-15-19-38(44(32)60-11)33-21-34(23-37(22-33)52(5)6)45(58)50-36(20-31-16-13-12-14-17-31)26-49-47(53(7)8)54(9)10/h29-44,56-57H,12-28H2,1-11H3,(H,50,58)(H,51,59)/t29-,30-,32?,33?,34?,35+,36+,37?,38?,39-,40-,41-,42+,43-,44?/m0/s1. The van der Waals surface area contributed by atoms with Gasteiger partial charge in [-0.05, 0) is 113 Å². The van der Waals surface area contributed by atoms with Crippen LogP contribution in [0.2, 0.25) is 0 Å². The zero-order valence-corrected chi connectivity index (χ0v) is 40.0. The lowest BCUT2D eigenvalue weighted by atomic mass is 9.45. The van der Waals surface area contributed by atoms with E-state index >= 15 is 0 Å². The van der Waals surface area contributed by atoms with Crippen LogP contribution in [-0.4, -0.2) is 159 Å². The van der Waals surface area contributed by atoms with Gasteiger partial charge in [0.2, 0.25) is 11.8 Å². The van der Waals surface area contributed by atoms with Crippen LogP contribution >= 0.6 is 0 Å². The Bertz CT molecular complexity index is 1460. The lowest BCUT2D eigenvalue weighted by Gasteiger charge is -2.62. The summed E-state index contributed by atoms with van der Waals surface area (Å²) in [5.41, 5.74) is 0.308. The van der Waals surface area contributed by atoms with Crippen molar-refractivity contribution in [2.45, 2.75) is 160 Å². The van der Waals surface area contributed by atoms with Crippen LogP contribution in [0.25, 0.3) is 0 Å². The second-order valence-corrected chi connectivity index (χ2v) is 22.0. The molecule has 6 saturated carbocycles. The van der Waals surface area contributed by atoms with E-state index in [4.69, 9.17) is 14.6 Å². The van der Waals surface area contributed by atoms with Gasteiger partial charge in [0, 0.05) is 77.7 Å². The molecule has 61 heavy (non-hydrogen) atoms. The molecular weight excluding hydrogens is 771 g/mol. The molecule has 2 amide bonds. The van der Waals surface area contributed by atoms with E-state index in [1.807, 2.05) is 45.1 Å². The van der Waals surface area contributed by atoms with Gasteiger partial charge in [0.1, 0.15) is 12.1 Å². The number of hydrogen-bond acceptors (Lipinski definition) is 9. The molecule has 1 heterocycles. The number of hydroxylamine groups is 2. The van der Waals surface area contributed by atoms with Crippen LogP contribution in [-0.2, 0) is 19.2 Å². The maximum atomic E-state index is 14.5. The maximum absolute atomic E-state index is 14.5. The van der Waals surface area contributed by atoms with E-state index in [-0.39, 0.29) is 60.4 Å². The molecule has 1 saturated heterocycles. The molecule has 7 fully saturated rings. The fourth-order valence-electron chi connectivity index (χ4n) is 13.6. The molecule has 7 rings (SSSR count). The van der Waals surface area contributed by atoms with Gasteiger partial charge in [0.25, 0.3) is 0 Å². The number of hydrogen-bond donors (Lipinski definition) is 4. The van der Waals surface area contributed by atoms with Gasteiger partial charge in [0.15, 0.2) is 5.96 Å². The molecular formula is C48H87N7O6. The molecule has 7 aliphatic rings. The summed E-state index contributed by atoms with van der Waals surface area (Å²) in [5, 5.41) is 30.4. The van der Waals surface area contributed by atoms with E-state index in [9.17, 15) is 19.8 Å². The van der Waals surface area contributed by atoms with Crippen molar-refractivity contribution in [3.8, 4) is 0 Å². The van der Waals surface area contributed by atoms with E-state index in [2.05, 4.69) is 50.4 Å². The van der Waals surface area contributed by atoms with E-state index in [0.29, 0.717) is 48.1 Å². The molecule has 15 atom stereocenters. The van der Waals surface area contributed by atoms with Gasteiger partial charge in [-0.2, -0.15) is 5.06 Å². The number of rotatable bonds is 15. The Morgan fingerprint density at radius 1 is 0.934 bits per heavy atom. The topological polar surface area (TPSA) is 142 Å². The Labute approximate surface area is 369 Å². The van der Waals surface area contributed by atoms with E-state index < -0.39 is 24.2 Å². The van der Waals surface area contributed by atoms with Gasteiger partial charge >= 0.3 is 0 Å². The molecule has 0 aromatic heterocycles. The predicted molar refractivity (Wildman–Crippen MR) is 241 cm³/mol. The molecule has 0 spiro atoms. The fourth-order valence-corrected chi connectivity index (χ4v) is 13.6. The van der Waals surface area contributed by atoms with Crippen LogP contribution < -0.4 is 10.6 Å². The first-order valence-electron chi connectivity index (χ1n) is 24.4. The molecule has 4 N–H and O–H groups in total. The number of carbonyl (C=O) groups is 2. The minimum absolute atomic E-state index is 0.00727. The summed E-state index contributed by atoms with van der Waals surface area (Å²) < 4.78 is 6.49. The predicted octanol–water partition coefficient (Wildman–Crippen LogP) is 4.86. The van der Waals surface area contributed by atoms with Crippen LogP contribution in [0.1, 0.15) is 118 Å². The number of ether oxygens (including phenoxy) is 1. The molecule has 6 unspecified atom stereocenters. The highest BCUT2D eigenvalue weighted by atomic mass is 16.7. The average Bonchev–Trinajstić information content (AvgIpc) is 3.59. The number of fused-ring (bicyclic) bond motifs is 2. The highest BCUT2D eigenvalue weighted by molar-refractivity contribution is 5.83. The lowest BCUT2D eigenvalue weighted by Crippen LogP contribution is -2.62. The van der Waals surface area contributed by atoms with Gasteiger partial charge in [-0.1, -0.05) is 59.3 Å². The monoisotopic (exact) mass is 858 g/mol. The lowest BCUT2D eigenvalue weighted by molar-refractivity contribution is -0.193. The number of methoxy groups -OCH3 is 1. The van der Waals surface area contributed by atoms with Gasteiger partial charge in [-0.3, -0.25) is 19.4 Å². The summed E-state index contributed by atoms with van der Waals surface area (Å²) in [4.78, 5) is 46.9. The van der Waals surface area contributed by atoms with E-state index in [0.717, 1.165) is 57.3 Å². The summed E-state index contributed by atoms with van der Waals surface area (Å²) in [6.45, 7) is 9.50. The van der Waals surface area contributed by atoms with Crippen molar-refractivity contribution >= 4 is 17.8 Å². The van der Waals surface area contributed by atoms with Crippen molar-refractivity contribution in [3.63, 3.8) is 0 Å². The first kappa shape index (κ1) is 48.4. The number of carbonyl (C=O) groups excluding carboxylic acids is 2. The number of aliphatic imine (C=N–C) groups is 1. The Morgan fingerprint density at radius 3 is 2.23 bits per heavy atom. The number of aliphatic hydroxyl groups excluding tert-OH is 2. The Kier molecular flexibility index (Phi) is 16.6. The number of guanidine groups is 1. The largest absolute Gasteiger partial charge is 0.394 e. The van der Waals surface area contributed by atoms with Crippen LogP contribution in [0.15, 0.2) is 4.99 Å². The summed E-state index contributed by atoms with van der Waals surface area (Å²) >= 11 is 0. The summed E-state index contributed by atoms with van der Waals surface area (Å²) in [5.74, 6) is 3.12. The third-order valence-electron chi connectivity index (χ3n) is 17.1. The van der Waals surface area contributed by atoms with Crippen LogP contribution in [0, 0.1) is 58.7 Å². The van der Waals surface area contributed by atoms with E-state index in [1.54, 1.807) is 12.0 Å². The molecule has 13 nitrogen and oxygen atoms in total. The third kappa shape index (κ3) is 10.9. The van der Waals surface area contributed by atoms with Crippen molar-refractivity contribution in [3.05, 3.63) is 0 Å². The Balaban J connectivity index is 1.17. The molecule has 0 aromatic rings. The zero-order valence-electron chi connectivity index (χ0n) is 40.0. The number of aliphatic hydroxyl groups is 2. The number of amides is 2. The molecule has 1 aliphatic heterocycles. The molecule has 0 radical (unpaired) electrons. The molecule has 2 bridgehead atoms. The highest BCUT2D eigenvalue weighted by Gasteiger charge is 2.58. The molecule has 6 aliphatic carbocycles. The first-order chi connectivity index (χ1) is 28.9. The molecule has 350 valence electrons. The SMILES string of the molecule is COC1C(CN2O[C@@H](CO)[C@@H]([C@H](C)O)[C@H]2C(=O)N[C@H]2C[C@H]3C[C@@H]([C@@H]2C)C3(C)C)CCCC1C1CC(C(=O)N[C@@H](CN=C(N(C)C)N(C)C)CC2CCCCC2)CC(N(C)C)C1. The third-order valence-corrected chi connectivity index (χ3v) is 17.1. The second kappa shape index (κ2) is 20.9. The minimum Gasteiger partial charge on any atom is -0.394 e. The van der Waals surface area contributed by atoms with Gasteiger partial charge in [-0.25, -0.2) is 0 Å². The quantitative estimate of drug-likeness (QED) is 0.133. The van der Waals surface area contributed by atoms with Crippen molar-refractivity contribution in [2.24, 2.45) is 63.7 Å². The molecule has 0 aromatic carbocycles. The highest BCUT2D eigenvalue weighted by Crippen LogP contribution is 2.61. The van der Waals surface area contributed by atoms with Crippen molar-refractivity contribution in [1.29, 1.82) is 0 Å². The van der Waals surface area contributed by atoms with E-state index in [1.165, 1.54) is 38.5 Å².